The Balaban J connectivity index is 0.000000448. The van der Waals surface area contributed by atoms with E-state index in [9.17, 15) is 18.0 Å². The van der Waals surface area contributed by atoms with E-state index in [4.69, 9.17) is 14.6 Å². The minimum atomic E-state index is -5.08. The lowest BCUT2D eigenvalue weighted by Crippen LogP contribution is -2.57. The number of aliphatic carboxylic acids is 1. The van der Waals surface area contributed by atoms with Crippen LogP contribution in [-0.4, -0.2) is 86.7 Å². The molecule has 5 heterocycles. The molecule has 1 saturated heterocycles. The van der Waals surface area contributed by atoms with Gasteiger partial charge in [0.2, 0.25) is 5.88 Å². The number of carboxylic acids is 1. The first-order valence-electron chi connectivity index (χ1n) is 11.9. The number of piperazine rings is 1. The van der Waals surface area contributed by atoms with Gasteiger partial charge >= 0.3 is 18.2 Å². The number of halogens is 3. The molecule has 16 heteroatoms. The van der Waals surface area contributed by atoms with E-state index in [2.05, 4.69) is 55.5 Å². The standard InChI is InChI=1S/C21H27N9O2.C2HF3O2/c1-13-24-19-26-18(32-4)15(11-30(19)27-13)25-20(31)29-9-6-14-16(5-7-22-17(14)29)28-10-8-23-21(2,3)12-28;3-2(4,5)1(6)7/h5,7,11,23H,6,8-10,12H2,1-4H3,(H,25,31);(H,6,7). The van der Waals surface area contributed by atoms with Crippen LogP contribution in [0.15, 0.2) is 18.5 Å². The van der Waals surface area contributed by atoms with Gasteiger partial charge in [-0.1, -0.05) is 0 Å². The third-order valence-corrected chi connectivity index (χ3v) is 6.09. The van der Waals surface area contributed by atoms with E-state index in [1.54, 1.807) is 24.2 Å². The SMILES string of the molecule is COc1nc2nc(C)nn2cc1NC(=O)N1CCc2c(N3CCNC(C)(C)C3)ccnc21.O=C(O)C(F)(F)F. The highest BCUT2D eigenvalue weighted by atomic mass is 19.4. The molecule has 1 fully saturated rings. The number of ether oxygens (including phenoxy) is 1. The van der Waals surface area contributed by atoms with Crippen molar-refractivity contribution in [2.24, 2.45) is 0 Å². The Kier molecular flexibility index (Phi) is 7.50. The van der Waals surface area contributed by atoms with Crippen LogP contribution in [0.3, 0.4) is 0 Å². The number of anilines is 3. The normalized spacial score (nSPS) is 16.4. The van der Waals surface area contributed by atoms with Crippen LogP contribution < -0.4 is 25.2 Å². The van der Waals surface area contributed by atoms with Gasteiger partial charge in [-0.2, -0.15) is 28.2 Å². The zero-order valence-electron chi connectivity index (χ0n) is 21.7. The van der Waals surface area contributed by atoms with Crippen LogP contribution in [0.4, 0.5) is 35.2 Å². The smallest absolute Gasteiger partial charge is 0.479 e. The van der Waals surface area contributed by atoms with Crippen LogP contribution in [-0.2, 0) is 11.2 Å². The number of carbonyl (C=O) groups is 2. The van der Waals surface area contributed by atoms with Crippen molar-refractivity contribution < 1.29 is 32.6 Å². The van der Waals surface area contributed by atoms with Gasteiger partial charge in [-0.3, -0.25) is 4.90 Å². The van der Waals surface area contributed by atoms with Crippen LogP contribution in [0.1, 0.15) is 25.2 Å². The molecule has 0 radical (unpaired) electrons. The Morgan fingerprint density at radius 2 is 1.95 bits per heavy atom. The van der Waals surface area contributed by atoms with Gasteiger partial charge in [-0.05, 0) is 33.3 Å². The van der Waals surface area contributed by atoms with Crippen molar-refractivity contribution in [1.29, 1.82) is 0 Å². The number of rotatable bonds is 3. The third-order valence-electron chi connectivity index (χ3n) is 6.09. The maximum absolute atomic E-state index is 13.2. The van der Waals surface area contributed by atoms with Crippen molar-refractivity contribution >= 4 is 35.0 Å². The van der Waals surface area contributed by atoms with Crippen molar-refractivity contribution in [1.82, 2.24) is 29.9 Å². The number of aromatic nitrogens is 5. The number of methoxy groups -OCH3 is 1. The second kappa shape index (κ2) is 10.5. The molecule has 5 rings (SSSR count). The Bertz CT molecular complexity index is 1390. The molecule has 2 aliphatic rings. The maximum Gasteiger partial charge on any atom is 0.490 e. The van der Waals surface area contributed by atoms with Gasteiger partial charge in [0, 0.05) is 49.2 Å². The van der Waals surface area contributed by atoms with Gasteiger partial charge in [-0.25, -0.2) is 19.1 Å². The van der Waals surface area contributed by atoms with E-state index in [1.165, 1.54) is 11.6 Å². The first kappa shape index (κ1) is 27.8. The van der Waals surface area contributed by atoms with Crippen molar-refractivity contribution in [2.45, 2.75) is 38.9 Å². The zero-order valence-corrected chi connectivity index (χ0v) is 21.7. The number of nitrogens with one attached hydrogen (secondary N) is 2. The number of urea groups is 1. The Labute approximate surface area is 221 Å². The fraction of sp³-hybridized carbons (Fsp3) is 0.478. The number of carboxylic acid groups (broad SMARTS) is 1. The molecule has 0 saturated carbocycles. The van der Waals surface area contributed by atoms with Crippen LogP contribution in [0.2, 0.25) is 0 Å². The summed E-state index contributed by atoms with van der Waals surface area (Å²) >= 11 is 0. The number of hydrogen-bond acceptors (Lipinski definition) is 9. The van der Waals surface area contributed by atoms with E-state index in [1.807, 2.05) is 0 Å². The predicted molar refractivity (Wildman–Crippen MR) is 134 cm³/mol. The van der Waals surface area contributed by atoms with E-state index in [0.29, 0.717) is 29.7 Å². The lowest BCUT2D eigenvalue weighted by atomic mass is 10.0. The molecule has 0 bridgehead atoms. The average Bonchev–Trinajstić information content (AvgIpc) is 3.44. The van der Waals surface area contributed by atoms with Crippen LogP contribution in [0, 0.1) is 6.92 Å². The molecule has 13 nitrogen and oxygen atoms in total. The lowest BCUT2D eigenvalue weighted by Gasteiger charge is -2.41. The summed E-state index contributed by atoms with van der Waals surface area (Å²) in [6.07, 6.45) is -0.892. The summed E-state index contributed by atoms with van der Waals surface area (Å²) in [6.45, 7) is 9.49. The first-order valence-corrected chi connectivity index (χ1v) is 11.9. The summed E-state index contributed by atoms with van der Waals surface area (Å²) in [5.74, 6) is -0.783. The summed E-state index contributed by atoms with van der Waals surface area (Å²) in [5, 5.41) is 17.8. The number of amides is 2. The lowest BCUT2D eigenvalue weighted by molar-refractivity contribution is -0.192. The average molecular weight is 552 g/mol. The van der Waals surface area contributed by atoms with Crippen molar-refractivity contribution in [3.63, 3.8) is 0 Å². The van der Waals surface area contributed by atoms with Crippen molar-refractivity contribution in [2.75, 3.05) is 48.4 Å². The number of aryl methyl sites for hydroxylation is 1. The largest absolute Gasteiger partial charge is 0.490 e. The molecule has 0 atom stereocenters. The molecule has 0 unspecified atom stereocenters. The summed E-state index contributed by atoms with van der Waals surface area (Å²) in [7, 11) is 1.51. The number of hydrogen-bond donors (Lipinski definition) is 3. The van der Waals surface area contributed by atoms with Crippen LogP contribution in [0.25, 0.3) is 5.78 Å². The molecule has 3 aromatic heterocycles. The topological polar surface area (TPSA) is 150 Å². The zero-order chi connectivity index (χ0) is 28.5. The predicted octanol–water partition coefficient (Wildman–Crippen LogP) is 2.25. The molecule has 210 valence electrons. The van der Waals surface area contributed by atoms with Gasteiger partial charge in [0.15, 0.2) is 0 Å². The van der Waals surface area contributed by atoms with E-state index in [0.717, 1.165) is 37.3 Å². The highest BCUT2D eigenvalue weighted by Gasteiger charge is 2.38. The number of carbonyl (C=O) groups excluding carboxylic acids is 1. The summed E-state index contributed by atoms with van der Waals surface area (Å²) in [6, 6.07) is 1.76. The van der Waals surface area contributed by atoms with Gasteiger partial charge in [0.25, 0.3) is 5.78 Å². The second-order valence-electron chi connectivity index (χ2n) is 9.57. The van der Waals surface area contributed by atoms with E-state index >= 15 is 0 Å². The van der Waals surface area contributed by atoms with Crippen molar-refractivity contribution in [3.8, 4) is 5.88 Å². The molecule has 2 aliphatic heterocycles. The number of alkyl halides is 3. The maximum atomic E-state index is 13.2. The minimum absolute atomic E-state index is 0.0337. The first-order chi connectivity index (χ1) is 18.3. The second-order valence-corrected chi connectivity index (χ2v) is 9.57. The molecular formula is C23H28F3N9O4. The fourth-order valence-electron chi connectivity index (χ4n) is 4.45. The molecule has 39 heavy (non-hydrogen) atoms. The molecule has 3 N–H and O–H groups in total. The van der Waals surface area contributed by atoms with Gasteiger partial charge in [0.05, 0.1) is 13.3 Å². The van der Waals surface area contributed by atoms with E-state index < -0.39 is 12.1 Å². The summed E-state index contributed by atoms with van der Waals surface area (Å²) in [5.41, 5.74) is 2.71. The van der Waals surface area contributed by atoms with E-state index in [-0.39, 0.29) is 17.5 Å². The Morgan fingerprint density at radius 3 is 2.59 bits per heavy atom. The molecule has 0 aromatic carbocycles. The third kappa shape index (κ3) is 6.10. The number of nitrogens with zero attached hydrogens (tertiary/aromatic N) is 7. The molecule has 3 aromatic rings. The summed E-state index contributed by atoms with van der Waals surface area (Å²) in [4.78, 5) is 39.3. The van der Waals surface area contributed by atoms with Crippen LogP contribution >= 0.6 is 0 Å². The molecule has 2 amide bonds. The van der Waals surface area contributed by atoms with Gasteiger partial charge in [0.1, 0.15) is 17.3 Å². The Morgan fingerprint density at radius 1 is 1.23 bits per heavy atom. The molecule has 0 aliphatic carbocycles. The van der Waals surface area contributed by atoms with Gasteiger partial charge < -0.3 is 25.4 Å². The Hall–Kier alpha value is -4.21. The number of pyridine rings is 1. The molecule has 0 spiro atoms. The minimum Gasteiger partial charge on any atom is -0.479 e. The van der Waals surface area contributed by atoms with Gasteiger partial charge in [-0.15, -0.1) is 0 Å². The van der Waals surface area contributed by atoms with Crippen molar-refractivity contribution in [3.05, 3.63) is 29.8 Å². The summed E-state index contributed by atoms with van der Waals surface area (Å²) < 4.78 is 38.6. The fourth-order valence-corrected chi connectivity index (χ4v) is 4.45. The monoisotopic (exact) mass is 551 g/mol. The molecular weight excluding hydrogens is 523 g/mol. The van der Waals surface area contributed by atoms with Crippen LogP contribution in [0.5, 0.6) is 5.88 Å². The quantitative estimate of drug-likeness (QED) is 0.442. The number of fused-ring (bicyclic) bond motifs is 2. The highest BCUT2D eigenvalue weighted by molar-refractivity contribution is 6.03. The highest BCUT2D eigenvalue weighted by Crippen LogP contribution is 2.35.